The second-order valence-electron chi connectivity index (χ2n) is 21.6. The molecule has 0 radical (unpaired) electrons. The van der Waals surface area contributed by atoms with Crippen LogP contribution in [0.3, 0.4) is 0 Å². The number of hydrogen-bond acceptors (Lipinski definition) is 20. The highest BCUT2D eigenvalue weighted by Gasteiger charge is 2.41. The molecule has 1 amide bonds. The number of thiocyanates is 1. The molecule has 3 aliphatic rings. The Morgan fingerprint density at radius 3 is 1.95 bits per heavy atom. The Balaban J connectivity index is 0.580. The third-order valence-electron chi connectivity index (χ3n) is 15.8. The summed E-state index contributed by atoms with van der Waals surface area (Å²) in [5.41, 5.74) is 11.7. The van der Waals surface area contributed by atoms with Gasteiger partial charge in [0.25, 0.3) is 0 Å². The number of carbonyl (C=O) groups is 1. The van der Waals surface area contributed by atoms with Gasteiger partial charge in [0.2, 0.25) is 5.91 Å². The lowest BCUT2D eigenvalue weighted by Crippen LogP contribution is -2.33. The van der Waals surface area contributed by atoms with E-state index in [1.54, 1.807) is 17.3 Å². The van der Waals surface area contributed by atoms with E-state index < -0.39 is 0 Å². The number of rotatable bonds is 36. The first-order valence-electron chi connectivity index (χ1n) is 30.7. The number of amides is 1. The maximum absolute atomic E-state index is 13.7. The quantitative estimate of drug-likeness (QED) is 0.00963. The molecular formula is C69H74N8O13S. The molecule has 0 spiro atoms. The fraction of sp³-hybridized carbons (Fsp3) is 0.362. The van der Waals surface area contributed by atoms with Crippen molar-refractivity contribution in [2.24, 2.45) is 15.5 Å². The van der Waals surface area contributed by atoms with Crippen LogP contribution in [-0.4, -0.2) is 154 Å². The number of nitrogens with zero attached hydrogens (tertiary/aromatic N) is 8. The van der Waals surface area contributed by atoms with Crippen molar-refractivity contribution >= 4 is 51.8 Å². The molecule has 91 heavy (non-hydrogen) atoms. The van der Waals surface area contributed by atoms with Crippen LogP contribution >= 0.6 is 11.8 Å². The molecule has 1 N–H and O–H groups in total. The molecule has 0 aliphatic carbocycles. The standard InChI is InChI=1S/C69H74N8O13S/c70-49-91-55-23-21-53(22-24-55)77-68-58-15-4-2-11-50(58)44-74(61-18-8-7-17-60(61)67(68)72-73-77)26-28-82-30-32-85-39-41-89-54(48-88-38-36-84-33-34-86-40-42-90-71-43-52-46-76(80)63-20-10-5-13-56(52)63)47-87-37-35-83-31-29-81-27-25-64(78)75-45-51-12-1-3-14-57(51)65-66(69(65)79)59-16-6-9-19-62(59)75/h1-24,43,46,54,67-68,80H,25-42,44-45,47-48H2/b71-43+. The zero-order chi connectivity index (χ0) is 62.4. The van der Waals surface area contributed by atoms with E-state index in [1.807, 2.05) is 102 Å². The first-order valence-corrected chi connectivity index (χ1v) is 31.5. The van der Waals surface area contributed by atoms with Gasteiger partial charge in [-0.15, -0.1) is 0 Å². The zero-order valence-electron chi connectivity index (χ0n) is 50.6. The molecule has 21 nitrogen and oxygen atoms in total. The Morgan fingerprint density at radius 1 is 0.626 bits per heavy atom. The van der Waals surface area contributed by atoms with Crippen LogP contribution in [0.2, 0.25) is 0 Å². The van der Waals surface area contributed by atoms with E-state index in [0.717, 1.165) is 82.8 Å². The summed E-state index contributed by atoms with van der Waals surface area (Å²) in [6.45, 7) is 7.68. The monoisotopic (exact) mass is 1250 g/mol. The van der Waals surface area contributed by atoms with Crippen molar-refractivity contribution in [2.75, 3.05) is 140 Å². The average molecular weight is 1260 g/mol. The van der Waals surface area contributed by atoms with E-state index >= 15 is 0 Å². The minimum atomic E-state index is -0.387. The fourth-order valence-electron chi connectivity index (χ4n) is 11.3. The van der Waals surface area contributed by atoms with Gasteiger partial charge in [0.15, 0.2) is 5.43 Å². The summed E-state index contributed by atoms with van der Waals surface area (Å²) in [5.74, 6) is -0.0899. The van der Waals surface area contributed by atoms with Crippen molar-refractivity contribution in [3.05, 3.63) is 190 Å². The summed E-state index contributed by atoms with van der Waals surface area (Å²) in [5, 5.41) is 37.9. The number of nitriles is 1. The van der Waals surface area contributed by atoms with Gasteiger partial charge in [0, 0.05) is 56.9 Å². The van der Waals surface area contributed by atoms with Crippen LogP contribution < -0.4 is 20.2 Å². The SMILES string of the molecule is N#CSc1ccc(N2N=NC3c4ccccc4N(CCOCCOCCOC(COCCOCCOCCO/N=C/c4cn(O)c5ccccc45)COCCOCCOCCC(=O)N4Cc5ccccc5-c5c(c5=O)-c5ccccc54)Cc4ccccc4C32)cc1. The molecule has 0 bridgehead atoms. The first-order chi connectivity index (χ1) is 44.9. The van der Waals surface area contributed by atoms with Crippen LogP contribution in [0.5, 0.6) is 0 Å². The molecule has 0 saturated heterocycles. The molecule has 8 aromatic rings. The van der Waals surface area contributed by atoms with E-state index in [1.165, 1.54) is 5.56 Å². The van der Waals surface area contributed by atoms with Gasteiger partial charge < -0.3 is 62.5 Å². The summed E-state index contributed by atoms with van der Waals surface area (Å²) < 4.78 is 54.3. The van der Waals surface area contributed by atoms with E-state index in [4.69, 9.17) is 57.8 Å². The third kappa shape index (κ3) is 16.8. The minimum Gasteiger partial charge on any atom is -0.428 e. The Labute approximate surface area is 532 Å². The third-order valence-corrected chi connectivity index (χ3v) is 16.4. The van der Waals surface area contributed by atoms with Crippen LogP contribution in [0.4, 0.5) is 17.1 Å². The van der Waals surface area contributed by atoms with Gasteiger partial charge in [-0.3, -0.25) is 9.59 Å². The van der Waals surface area contributed by atoms with Crippen molar-refractivity contribution in [3.63, 3.8) is 0 Å². The van der Waals surface area contributed by atoms with E-state index in [9.17, 15) is 20.1 Å². The molecule has 22 heteroatoms. The van der Waals surface area contributed by atoms with Crippen molar-refractivity contribution in [2.45, 2.75) is 42.6 Å². The number of oxime groups is 1. The van der Waals surface area contributed by atoms with E-state index in [2.05, 4.69) is 64.0 Å². The normalized spacial score (nSPS) is 15.3. The van der Waals surface area contributed by atoms with E-state index in [-0.39, 0.29) is 62.4 Å². The van der Waals surface area contributed by atoms with Crippen LogP contribution in [0, 0.1) is 10.7 Å². The lowest BCUT2D eigenvalue weighted by molar-refractivity contribution is -0.120. The molecule has 474 valence electrons. The summed E-state index contributed by atoms with van der Waals surface area (Å²) in [7, 11) is 0. The minimum absolute atomic E-state index is 0.0332. The zero-order valence-corrected chi connectivity index (χ0v) is 51.4. The first kappa shape index (κ1) is 64.2. The Bertz CT molecular complexity index is 3750. The number of benzene rings is 6. The lowest BCUT2D eigenvalue weighted by Gasteiger charge is -2.35. The van der Waals surface area contributed by atoms with Crippen LogP contribution in [0.1, 0.15) is 46.3 Å². The number of anilines is 3. The van der Waals surface area contributed by atoms with Crippen molar-refractivity contribution in [3.8, 4) is 27.7 Å². The molecule has 11 rings (SSSR count). The molecular weight excluding hydrogens is 1180 g/mol. The second kappa shape index (κ2) is 33.1. The maximum Gasteiger partial charge on any atom is 0.229 e. The molecule has 0 fully saturated rings. The van der Waals surface area contributed by atoms with Crippen molar-refractivity contribution in [1.82, 2.24) is 4.73 Å². The number of aromatic nitrogens is 1. The molecule has 3 unspecified atom stereocenters. The fourth-order valence-corrected chi connectivity index (χ4v) is 11.7. The highest BCUT2D eigenvalue weighted by Crippen LogP contribution is 2.50. The van der Waals surface area contributed by atoms with Gasteiger partial charge in [-0.25, -0.2) is 5.01 Å². The second-order valence-corrected chi connectivity index (χ2v) is 22.5. The number of para-hydroxylation sites is 3. The highest BCUT2D eigenvalue weighted by atomic mass is 32.2. The van der Waals surface area contributed by atoms with Gasteiger partial charge in [-0.2, -0.15) is 15.1 Å². The van der Waals surface area contributed by atoms with Crippen molar-refractivity contribution in [1.29, 1.82) is 5.26 Å². The predicted octanol–water partition coefficient (Wildman–Crippen LogP) is 10.5. The van der Waals surface area contributed by atoms with Gasteiger partial charge in [0.05, 0.1) is 155 Å². The van der Waals surface area contributed by atoms with Gasteiger partial charge in [-0.05, 0) is 76.5 Å². The molecule has 0 saturated carbocycles. The number of thioether (sulfide) groups is 1. The van der Waals surface area contributed by atoms with Crippen molar-refractivity contribution < 1.29 is 57.5 Å². The Hall–Kier alpha value is -8.31. The lowest BCUT2D eigenvalue weighted by atomic mass is 9.87. The number of ether oxygens (including phenoxy) is 9. The van der Waals surface area contributed by atoms with Crippen LogP contribution in [-0.2, 0) is 65.4 Å². The number of carbonyl (C=O) groups excluding carboxylic acids is 1. The molecule has 3 aliphatic heterocycles. The van der Waals surface area contributed by atoms with Gasteiger partial charge in [0.1, 0.15) is 30.2 Å². The molecule has 7 aromatic carbocycles. The number of hydrogen-bond donors (Lipinski definition) is 1. The average Bonchev–Trinajstić information content (AvgIpc) is 1.60. The molecule has 1 aromatic heterocycles. The summed E-state index contributed by atoms with van der Waals surface area (Å²) in [6, 6.07) is 47.2. The topological polar surface area (TPSA) is 222 Å². The van der Waals surface area contributed by atoms with Crippen LogP contribution in [0.25, 0.3) is 33.2 Å². The summed E-state index contributed by atoms with van der Waals surface area (Å²) >= 11 is 1.13. The highest BCUT2D eigenvalue weighted by molar-refractivity contribution is 8.03. The summed E-state index contributed by atoms with van der Waals surface area (Å²) in [4.78, 5) is 37.0. The van der Waals surface area contributed by atoms with Gasteiger partial charge >= 0.3 is 0 Å². The van der Waals surface area contributed by atoms with Crippen LogP contribution in [0.15, 0.2) is 177 Å². The Morgan fingerprint density at radius 2 is 1.21 bits per heavy atom. The Kier molecular flexibility index (Phi) is 23.4. The predicted molar refractivity (Wildman–Crippen MR) is 345 cm³/mol. The molecule has 4 heterocycles. The van der Waals surface area contributed by atoms with Gasteiger partial charge in [-0.1, -0.05) is 114 Å². The summed E-state index contributed by atoms with van der Waals surface area (Å²) in [6.07, 6.45) is 2.92. The van der Waals surface area contributed by atoms with E-state index in [0.29, 0.717) is 123 Å². The largest absolute Gasteiger partial charge is 0.428 e. The number of fused-ring (bicyclic) bond motifs is 11. The smallest absolute Gasteiger partial charge is 0.229 e. The maximum atomic E-state index is 13.7. The molecule has 3 atom stereocenters.